The van der Waals surface area contributed by atoms with Crippen molar-refractivity contribution in [3.8, 4) is 6.07 Å². The molecule has 0 fully saturated rings. The van der Waals surface area contributed by atoms with Crippen molar-refractivity contribution in [2.45, 2.75) is 19.4 Å². The Morgan fingerprint density at radius 2 is 2.18 bits per heavy atom. The minimum Gasteiger partial charge on any atom is -0.382 e. The summed E-state index contributed by atoms with van der Waals surface area (Å²) in [6.07, 6.45) is 1.08. The molecule has 17 heavy (non-hydrogen) atoms. The molecule has 0 aromatic heterocycles. The molecular formula is C13H18BrN3. The molecule has 0 saturated carbocycles. The van der Waals surface area contributed by atoms with Crippen LogP contribution >= 0.6 is 15.9 Å². The molecule has 1 atom stereocenters. The molecule has 1 rings (SSSR count). The molecule has 1 unspecified atom stereocenters. The molecule has 0 aliphatic carbocycles. The van der Waals surface area contributed by atoms with Crippen LogP contribution in [0.25, 0.3) is 0 Å². The van der Waals surface area contributed by atoms with Gasteiger partial charge in [-0.15, -0.1) is 0 Å². The molecule has 1 aromatic rings. The van der Waals surface area contributed by atoms with Crippen molar-refractivity contribution in [1.29, 1.82) is 5.26 Å². The molecule has 0 aliphatic rings. The van der Waals surface area contributed by atoms with E-state index >= 15 is 0 Å². The number of hydrogen-bond donors (Lipinski definition) is 1. The van der Waals surface area contributed by atoms with E-state index in [2.05, 4.69) is 53.2 Å². The zero-order valence-electron chi connectivity index (χ0n) is 10.5. The Hall–Kier alpha value is -1.05. The summed E-state index contributed by atoms with van der Waals surface area (Å²) in [5.41, 5.74) is 1.71. The summed E-state index contributed by atoms with van der Waals surface area (Å²) in [6, 6.07) is 8.13. The monoisotopic (exact) mass is 295 g/mol. The van der Waals surface area contributed by atoms with Crippen LogP contribution in [0.15, 0.2) is 22.7 Å². The van der Waals surface area contributed by atoms with E-state index in [1.165, 1.54) is 0 Å². The van der Waals surface area contributed by atoms with Gasteiger partial charge in [0.25, 0.3) is 0 Å². The van der Waals surface area contributed by atoms with E-state index in [-0.39, 0.29) is 0 Å². The second-order valence-electron chi connectivity index (χ2n) is 4.44. The number of rotatable bonds is 5. The summed E-state index contributed by atoms with van der Waals surface area (Å²) < 4.78 is 0.938. The topological polar surface area (TPSA) is 39.1 Å². The zero-order valence-corrected chi connectivity index (χ0v) is 12.1. The first-order chi connectivity index (χ1) is 8.02. The average Bonchev–Trinajstić information content (AvgIpc) is 2.29. The zero-order chi connectivity index (χ0) is 12.8. The Bertz CT molecular complexity index is 410. The number of benzene rings is 1. The van der Waals surface area contributed by atoms with Gasteiger partial charge in [-0.2, -0.15) is 5.26 Å². The van der Waals surface area contributed by atoms with Crippen LogP contribution in [0.4, 0.5) is 5.69 Å². The molecule has 0 heterocycles. The van der Waals surface area contributed by atoms with Crippen molar-refractivity contribution >= 4 is 21.6 Å². The third kappa shape index (κ3) is 4.76. The summed E-state index contributed by atoms with van der Waals surface area (Å²) in [5, 5.41) is 12.2. The molecule has 0 bridgehead atoms. The fourth-order valence-electron chi connectivity index (χ4n) is 1.49. The van der Waals surface area contributed by atoms with Crippen LogP contribution in [0.1, 0.15) is 18.9 Å². The van der Waals surface area contributed by atoms with Crippen molar-refractivity contribution in [2.75, 3.05) is 26.0 Å². The van der Waals surface area contributed by atoms with E-state index in [1.54, 1.807) is 0 Å². The maximum absolute atomic E-state index is 8.78. The number of anilines is 1. The van der Waals surface area contributed by atoms with E-state index in [9.17, 15) is 0 Å². The Kier molecular flexibility index (Phi) is 5.46. The van der Waals surface area contributed by atoms with Crippen molar-refractivity contribution < 1.29 is 0 Å². The smallest absolute Gasteiger partial charge is 0.0992 e. The van der Waals surface area contributed by atoms with Crippen molar-refractivity contribution in [3.63, 3.8) is 0 Å². The van der Waals surface area contributed by atoms with Gasteiger partial charge >= 0.3 is 0 Å². The van der Waals surface area contributed by atoms with Gasteiger partial charge in [-0.1, -0.05) is 0 Å². The number of nitrogens with zero attached hydrogens (tertiary/aromatic N) is 2. The van der Waals surface area contributed by atoms with Gasteiger partial charge in [0.05, 0.1) is 11.6 Å². The van der Waals surface area contributed by atoms with Crippen LogP contribution in [0.3, 0.4) is 0 Å². The van der Waals surface area contributed by atoms with Crippen LogP contribution in [-0.4, -0.2) is 31.6 Å². The van der Waals surface area contributed by atoms with Gasteiger partial charge < -0.3 is 10.2 Å². The third-order valence-corrected chi connectivity index (χ3v) is 3.17. The molecule has 0 spiro atoms. The summed E-state index contributed by atoms with van der Waals surface area (Å²) in [5.74, 6) is 0. The standard InChI is InChI=1S/C13H18BrN3/c1-10(6-7-17(2)3)16-13-5-4-11(9-15)8-12(13)14/h4-5,8,10,16H,6-7H2,1-3H3. The van der Waals surface area contributed by atoms with E-state index in [0.29, 0.717) is 11.6 Å². The van der Waals surface area contributed by atoms with Crippen LogP contribution in [0, 0.1) is 11.3 Å². The van der Waals surface area contributed by atoms with E-state index in [0.717, 1.165) is 23.1 Å². The first-order valence-corrected chi connectivity index (χ1v) is 6.43. The minimum atomic E-state index is 0.404. The van der Waals surface area contributed by atoms with Gasteiger partial charge in [0, 0.05) is 16.2 Å². The second-order valence-corrected chi connectivity index (χ2v) is 5.30. The summed E-state index contributed by atoms with van der Waals surface area (Å²) in [6.45, 7) is 3.22. The fraction of sp³-hybridized carbons (Fsp3) is 0.462. The average molecular weight is 296 g/mol. The molecule has 0 saturated heterocycles. The predicted molar refractivity (Wildman–Crippen MR) is 75.1 cm³/mol. The number of halogens is 1. The van der Waals surface area contributed by atoms with Gasteiger partial charge in [0.1, 0.15) is 0 Å². The first-order valence-electron chi connectivity index (χ1n) is 5.64. The lowest BCUT2D eigenvalue weighted by atomic mass is 10.2. The highest BCUT2D eigenvalue weighted by Crippen LogP contribution is 2.24. The molecule has 0 amide bonds. The largest absolute Gasteiger partial charge is 0.382 e. The Balaban J connectivity index is 2.60. The van der Waals surface area contributed by atoms with Crippen LogP contribution in [-0.2, 0) is 0 Å². The number of hydrogen-bond acceptors (Lipinski definition) is 3. The molecule has 4 heteroatoms. The molecule has 0 aliphatic heterocycles. The number of nitriles is 1. The lowest BCUT2D eigenvalue weighted by Gasteiger charge is -2.18. The maximum Gasteiger partial charge on any atom is 0.0992 e. The molecule has 0 radical (unpaired) electrons. The highest BCUT2D eigenvalue weighted by Gasteiger charge is 2.06. The van der Waals surface area contributed by atoms with Crippen LogP contribution in [0.2, 0.25) is 0 Å². The molecular weight excluding hydrogens is 278 g/mol. The molecule has 1 N–H and O–H groups in total. The van der Waals surface area contributed by atoms with E-state index < -0.39 is 0 Å². The van der Waals surface area contributed by atoms with E-state index in [4.69, 9.17) is 5.26 Å². The van der Waals surface area contributed by atoms with Gasteiger partial charge in [-0.25, -0.2) is 0 Å². The number of nitrogens with one attached hydrogen (secondary N) is 1. The van der Waals surface area contributed by atoms with Crippen LogP contribution < -0.4 is 5.32 Å². The van der Waals surface area contributed by atoms with Crippen molar-refractivity contribution in [1.82, 2.24) is 4.90 Å². The van der Waals surface area contributed by atoms with Gasteiger partial charge in [0.15, 0.2) is 0 Å². The fourth-order valence-corrected chi connectivity index (χ4v) is 1.98. The van der Waals surface area contributed by atoms with Crippen molar-refractivity contribution in [2.24, 2.45) is 0 Å². The summed E-state index contributed by atoms with van der Waals surface area (Å²) in [4.78, 5) is 2.17. The highest BCUT2D eigenvalue weighted by molar-refractivity contribution is 9.10. The van der Waals surface area contributed by atoms with Gasteiger partial charge in [-0.3, -0.25) is 0 Å². The SMILES string of the molecule is CC(CCN(C)C)Nc1ccc(C#N)cc1Br. The van der Waals surface area contributed by atoms with E-state index in [1.807, 2.05) is 18.2 Å². The van der Waals surface area contributed by atoms with Crippen LogP contribution in [0.5, 0.6) is 0 Å². The maximum atomic E-state index is 8.78. The highest BCUT2D eigenvalue weighted by atomic mass is 79.9. The lowest BCUT2D eigenvalue weighted by molar-refractivity contribution is 0.390. The van der Waals surface area contributed by atoms with Gasteiger partial charge in [0.2, 0.25) is 0 Å². The minimum absolute atomic E-state index is 0.404. The second kappa shape index (κ2) is 6.63. The molecule has 1 aromatic carbocycles. The Morgan fingerprint density at radius 3 is 2.71 bits per heavy atom. The predicted octanol–water partition coefficient (Wildman–Crippen LogP) is 3.07. The Labute approximate surface area is 112 Å². The normalized spacial score (nSPS) is 12.2. The van der Waals surface area contributed by atoms with Gasteiger partial charge in [-0.05, 0) is 68.1 Å². The Morgan fingerprint density at radius 1 is 1.47 bits per heavy atom. The molecule has 3 nitrogen and oxygen atoms in total. The molecule has 92 valence electrons. The van der Waals surface area contributed by atoms with Crippen molar-refractivity contribution in [3.05, 3.63) is 28.2 Å². The quantitative estimate of drug-likeness (QED) is 0.907. The summed E-state index contributed by atoms with van der Waals surface area (Å²) in [7, 11) is 4.15. The summed E-state index contributed by atoms with van der Waals surface area (Å²) >= 11 is 3.47. The third-order valence-electron chi connectivity index (χ3n) is 2.51. The lowest BCUT2D eigenvalue weighted by Crippen LogP contribution is -2.23. The first kappa shape index (κ1) is 14.0.